The molecule has 0 saturated carbocycles. The standard InChI is InChI=1S/C10H17ClN4O3S/c1-10(2,16)6-15(3)19(17,18)7-4-8(11)9(14-12)13-5-7/h4-5,16H,6,12H2,1-3H3,(H,13,14). The number of sulfonamides is 1. The first kappa shape index (κ1) is 16.1. The number of nitrogens with two attached hydrogens (primary N) is 1. The summed E-state index contributed by atoms with van der Waals surface area (Å²) in [5.74, 6) is 5.35. The van der Waals surface area contributed by atoms with Gasteiger partial charge >= 0.3 is 0 Å². The van der Waals surface area contributed by atoms with Crippen LogP contribution in [0, 0.1) is 0 Å². The highest BCUT2D eigenvalue weighted by atomic mass is 35.5. The zero-order valence-corrected chi connectivity index (χ0v) is 12.5. The van der Waals surface area contributed by atoms with Gasteiger partial charge in [0.05, 0.1) is 10.6 Å². The first-order valence-corrected chi connectivity index (χ1v) is 7.20. The Morgan fingerprint density at radius 2 is 2.16 bits per heavy atom. The van der Waals surface area contributed by atoms with Gasteiger partial charge in [-0.3, -0.25) is 0 Å². The number of rotatable bonds is 5. The molecule has 19 heavy (non-hydrogen) atoms. The molecular formula is C10H17ClN4O3S. The molecule has 0 aliphatic rings. The summed E-state index contributed by atoms with van der Waals surface area (Å²) in [7, 11) is -2.39. The number of likely N-dealkylation sites (N-methyl/N-ethyl adjacent to an activating group) is 1. The van der Waals surface area contributed by atoms with Crippen molar-refractivity contribution in [1.82, 2.24) is 9.29 Å². The smallest absolute Gasteiger partial charge is 0.244 e. The van der Waals surface area contributed by atoms with Crippen LogP contribution in [0.15, 0.2) is 17.2 Å². The van der Waals surface area contributed by atoms with E-state index in [0.717, 1.165) is 10.5 Å². The zero-order valence-electron chi connectivity index (χ0n) is 10.9. The second-order valence-corrected chi connectivity index (χ2v) is 7.17. The van der Waals surface area contributed by atoms with Gasteiger partial charge in [-0.2, -0.15) is 4.31 Å². The molecule has 0 spiro atoms. The summed E-state index contributed by atoms with van der Waals surface area (Å²) < 4.78 is 25.5. The number of hydrogen-bond donors (Lipinski definition) is 3. The predicted octanol–water partition coefficient (Wildman–Crippen LogP) is 0.412. The SMILES string of the molecule is CN(CC(C)(C)O)S(=O)(=O)c1cnc(NN)c(Cl)c1. The molecule has 4 N–H and O–H groups in total. The maximum absolute atomic E-state index is 12.2. The monoisotopic (exact) mass is 308 g/mol. The van der Waals surface area contributed by atoms with Crippen LogP contribution in [0.1, 0.15) is 13.8 Å². The van der Waals surface area contributed by atoms with Crippen molar-refractivity contribution < 1.29 is 13.5 Å². The first-order valence-electron chi connectivity index (χ1n) is 5.39. The van der Waals surface area contributed by atoms with Crippen molar-refractivity contribution in [3.8, 4) is 0 Å². The van der Waals surface area contributed by atoms with Crippen LogP contribution < -0.4 is 11.3 Å². The second-order valence-electron chi connectivity index (χ2n) is 4.72. The van der Waals surface area contributed by atoms with Crippen LogP contribution in [0.5, 0.6) is 0 Å². The van der Waals surface area contributed by atoms with E-state index in [1.807, 2.05) is 0 Å². The Morgan fingerprint density at radius 3 is 2.58 bits per heavy atom. The molecule has 0 fully saturated rings. The first-order chi connectivity index (χ1) is 8.58. The van der Waals surface area contributed by atoms with Crippen LogP contribution in [0.3, 0.4) is 0 Å². The van der Waals surface area contributed by atoms with E-state index < -0.39 is 15.6 Å². The summed E-state index contributed by atoms with van der Waals surface area (Å²) in [5, 5.41) is 9.76. The molecule has 0 amide bonds. The molecule has 1 aromatic heterocycles. The Hall–Kier alpha value is -0.930. The van der Waals surface area contributed by atoms with E-state index in [0.29, 0.717) is 0 Å². The molecule has 1 rings (SSSR count). The molecule has 9 heteroatoms. The van der Waals surface area contributed by atoms with Crippen molar-refractivity contribution in [3.63, 3.8) is 0 Å². The lowest BCUT2D eigenvalue weighted by Crippen LogP contribution is -2.39. The van der Waals surface area contributed by atoms with E-state index in [4.69, 9.17) is 17.4 Å². The summed E-state index contributed by atoms with van der Waals surface area (Å²) in [6.07, 6.45) is 1.15. The minimum Gasteiger partial charge on any atom is -0.389 e. The lowest BCUT2D eigenvalue weighted by atomic mass is 10.1. The van der Waals surface area contributed by atoms with Crippen LogP contribution in [0.4, 0.5) is 5.82 Å². The minimum atomic E-state index is -3.76. The molecule has 0 bridgehead atoms. The summed E-state index contributed by atoms with van der Waals surface area (Å²) >= 11 is 5.84. The van der Waals surface area contributed by atoms with Gasteiger partial charge in [0.15, 0.2) is 5.82 Å². The molecule has 0 aliphatic heterocycles. The average molecular weight is 309 g/mol. The number of aromatic nitrogens is 1. The highest BCUT2D eigenvalue weighted by molar-refractivity contribution is 7.89. The van der Waals surface area contributed by atoms with Crippen LogP contribution in [-0.2, 0) is 10.0 Å². The third kappa shape index (κ3) is 4.02. The van der Waals surface area contributed by atoms with Gasteiger partial charge in [0, 0.05) is 19.8 Å². The Morgan fingerprint density at radius 1 is 1.58 bits per heavy atom. The number of pyridine rings is 1. The summed E-state index contributed by atoms with van der Waals surface area (Å²) in [4.78, 5) is 3.74. The topological polar surface area (TPSA) is 109 Å². The molecule has 0 aliphatic carbocycles. The fourth-order valence-corrected chi connectivity index (χ4v) is 3.06. The van der Waals surface area contributed by atoms with Crippen molar-refractivity contribution in [2.75, 3.05) is 19.0 Å². The van der Waals surface area contributed by atoms with Crippen molar-refractivity contribution in [3.05, 3.63) is 17.3 Å². The Labute approximate surface area is 117 Å². The van der Waals surface area contributed by atoms with Crippen molar-refractivity contribution >= 4 is 27.4 Å². The van der Waals surface area contributed by atoms with E-state index in [1.165, 1.54) is 27.0 Å². The summed E-state index contributed by atoms with van der Waals surface area (Å²) in [5.41, 5.74) is 1.11. The minimum absolute atomic E-state index is 0.0517. The predicted molar refractivity (Wildman–Crippen MR) is 73.2 cm³/mol. The molecule has 1 aromatic rings. The number of nitrogens with one attached hydrogen (secondary N) is 1. The fourth-order valence-electron chi connectivity index (χ4n) is 1.48. The van der Waals surface area contributed by atoms with Crippen LogP contribution in [-0.4, -0.2) is 42.0 Å². The molecule has 0 atom stereocenters. The van der Waals surface area contributed by atoms with E-state index >= 15 is 0 Å². The molecule has 7 nitrogen and oxygen atoms in total. The molecular weight excluding hydrogens is 292 g/mol. The molecule has 0 radical (unpaired) electrons. The van der Waals surface area contributed by atoms with Gasteiger partial charge in [0.25, 0.3) is 0 Å². The molecule has 0 unspecified atom stereocenters. The maximum Gasteiger partial charge on any atom is 0.244 e. The number of halogens is 1. The van der Waals surface area contributed by atoms with Gasteiger partial charge < -0.3 is 10.5 Å². The average Bonchev–Trinajstić information content (AvgIpc) is 2.26. The summed E-state index contributed by atoms with van der Waals surface area (Å²) in [6, 6.07) is 1.25. The zero-order chi connectivity index (χ0) is 14.8. The van der Waals surface area contributed by atoms with Crippen molar-refractivity contribution in [2.45, 2.75) is 24.3 Å². The number of nitrogens with zero attached hydrogens (tertiary/aromatic N) is 2. The van der Waals surface area contributed by atoms with Gasteiger partial charge in [-0.1, -0.05) is 11.6 Å². The largest absolute Gasteiger partial charge is 0.389 e. The molecule has 1 heterocycles. The highest BCUT2D eigenvalue weighted by Gasteiger charge is 2.27. The molecule has 108 valence electrons. The van der Waals surface area contributed by atoms with Gasteiger partial charge in [0.1, 0.15) is 4.90 Å². The fraction of sp³-hybridized carbons (Fsp3) is 0.500. The van der Waals surface area contributed by atoms with Gasteiger partial charge in [-0.25, -0.2) is 19.2 Å². The number of aliphatic hydroxyl groups is 1. The Balaban J connectivity index is 3.10. The van der Waals surface area contributed by atoms with E-state index in [-0.39, 0.29) is 22.3 Å². The summed E-state index contributed by atoms with van der Waals surface area (Å²) in [6.45, 7) is 2.99. The lowest BCUT2D eigenvalue weighted by molar-refractivity contribution is 0.0640. The maximum atomic E-state index is 12.2. The Kier molecular flexibility index (Phi) is 4.75. The normalized spacial score (nSPS) is 12.8. The van der Waals surface area contributed by atoms with Crippen LogP contribution in [0.2, 0.25) is 5.02 Å². The number of hydrazine groups is 1. The highest BCUT2D eigenvalue weighted by Crippen LogP contribution is 2.24. The van der Waals surface area contributed by atoms with Crippen molar-refractivity contribution in [2.24, 2.45) is 5.84 Å². The van der Waals surface area contributed by atoms with Crippen LogP contribution in [0.25, 0.3) is 0 Å². The van der Waals surface area contributed by atoms with E-state index in [9.17, 15) is 13.5 Å². The number of nitrogen functional groups attached to an aromatic ring is 1. The van der Waals surface area contributed by atoms with Gasteiger partial charge in [0.2, 0.25) is 10.0 Å². The van der Waals surface area contributed by atoms with Gasteiger partial charge in [-0.15, -0.1) is 0 Å². The van der Waals surface area contributed by atoms with Crippen LogP contribution >= 0.6 is 11.6 Å². The van der Waals surface area contributed by atoms with Crippen molar-refractivity contribution in [1.29, 1.82) is 0 Å². The number of hydrogen-bond acceptors (Lipinski definition) is 6. The third-order valence-electron chi connectivity index (χ3n) is 2.27. The second kappa shape index (κ2) is 5.59. The molecule has 0 saturated heterocycles. The molecule has 0 aromatic carbocycles. The van der Waals surface area contributed by atoms with E-state index in [2.05, 4.69) is 10.4 Å². The third-order valence-corrected chi connectivity index (χ3v) is 4.33. The van der Waals surface area contributed by atoms with Gasteiger partial charge in [-0.05, 0) is 19.9 Å². The number of anilines is 1. The van der Waals surface area contributed by atoms with E-state index in [1.54, 1.807) is 0 Å². The Bertz CT molecular complexity index is 556. The lowest BCUT2D eigenvalue weighted by Gasteiger charge is -2.25. The quantitative estimate of drug-likeness (QED) is 0.537.